The Morgan fingerprint density at radius 1 is 1.32 bits per heavy atom. The van der Waals surface area contributed by atoms with Crippen molar-refractivity contribution in [3.05, 3.63) is 58.9 Å². The minimum absolute atomic E-state index is 0.412. The molecule has 2 nitrogen and oxygen atoms in total. The molecule has 0 amide bonds. The molecule has 0 aliphatic carbocycles. The Kier molecular flexibility index (Phi) is 5.25. The van der Waals surface area contributed by atoms with E-state index in [0.717, 1.165) is 5.56 Å². The van der Waals surface area contributed by atoms with Gasteiger partial charge in [0.1, 0.15) is 0 Å². The van der Waals surface area contributed by atoms with Gasteiger partial charge in [0.15, 0.2) is 0 Å². The number of aliphatic hydroxyl groups is 1. The fourth-order valence-electron chi connectivity index (χ4n) is 1.79. The fraction of sp³-hybridized carbons (Fsp3) is 0.267. The van der Waals surface area contributed by atoms with Crippen molar-refractivity contribution < 1.29 is 5.11 Å². The first-order chi connectivity index (χ1) is 9.16. The number of nitrogens with zero attached hydrogens (tertiary/aromatic N) is 1. The molecule has 0 saturated heterocycles. The Hall–Kier alpha value is -1.03. The molecule has 100 valence electrons. The van der Waals surface area contributed by atoms with Crippen LogP contribution in [0.1, 0.15) is 11.1 Å². The van der Waals surface area contributed by atoms with Crippen LogP contribution < -0.4 is 0 Å². The Balaban J connectivity index is 1.90. The number of hydrogen-bond acceptors (Lipinski definition) is 3. The molecule has 0 aliphatic rings. The Labute approximate surface area is 122 Å². The summed E-state index contributed by atoms with van der Waals surface area (Å²) in [6.07, 6.45) is 3.45. The number of hydrogen-bond donors (Lipinski definition) is 1. The number of aliphatic hydroxyl groups excluding tert-OH is 1. The van der Waals surface area contributed by atoms with Crippen molar-refractivity contribution in [2.75, 3.05) is 5.75 Å². The minimum Gasteiger partial charge on any atom is -0.392 e. The molecule has 0 aliphatic heterocycles. The fourth-order valence-corrected chi connectivity index (χ4v) is 2.94. The molecule has 1 heterocycles. The third-order valence-corrected chi connectivity index (χ3v) is 4.50. The van der Waals surface area contributed by atoms with Gasteiger partial charge in [-0.3, -0.25) is 4.98 Å². The zero-order valence-electron chi connectivity index (χ0n) is 10.7. The van der Waals surface area contributed by atoms with Crippen molar-refractivity contribution in [2.24, 2.45) is 0 Å². The summed E-state index contributed by atoms with van der Waals surface area (Å²) in [6, 6.07) is 10.0. The number of rotatable bonds is 5. The molecule has 1 atom stereocenters. The van der Waals surface area contributed by atoms with Crippen molar-refractivity contribution in [3.8, 4) is 0 Å². The maximum atomic E-state index is 10.1. The maximum Gasteiger partial charge on any atom is 0.0674 e. The SMILES string of the molecule is Cc1ccccc1SCC(O)Cc1ccncc1Cl. The summed E-state index contributed by atoms with van der Waals surface area (Å²) in [5.74, 6) is 0.656. The van der Waals surface area contributed by atoms with Crippen molar-refractivity contribution >= 4 is 23.4 Å². The first kappa shape index (κ1) is 14.4. The van der Waals surface area contributed by atoms with Gasteiger partial charge in [0.25, 0.3) is 0 Å². The maximum absolute atomic E-state index is 10.1. The second kappa shape index (κ2) is 6.94. The smallest absolute Gasteiger partial charge is 0.0674 e. The molecule has 0 bridgehead atoms. The van der Waals surface area contributed by atoms with Gasteiger partial charge >= 0.3 is 0 Å². The first-order valence-corrected chi connectivity index (χ1v) is 7.48. The van der Waals surface area contributed by atoms with Crippen molar-refractivity contribution in [2.45, 2.75) is 24.3 Å². The van der Waals surface area contributed by atoms with E-state index in [-0.39, 0.29) is 0 Å². The van der Waals surface area contributed by atoms with Crippen LogP contribution in [0.3, 0.4) is 0 Å². The predicted molar refractivity (Wildman–Crippen MR) is 80.9 cm³/mol. The second-order valence-electron chi connectivity index (χ2n) is 4.40. The Morgan fingerprint density at radius 2 is 2.11 bits per heavy atom. The van der Waals surface area contributed by atoms with Crippen LogP contribution in [0, 0.1) is 6.92 Å². The van der Waals surface area contributed by atoms with Crippen LogP contribution in [-0.2, 0) is 6.42 Å². The van der Waals surface area contributed by atoms with E-state index >= 15 is 0 Å². The standard InChI is InChI=1S/C15H16ClNOS/c1-11-4-2-3-5-15(11)19-10-13(18)8-12-6-7-17-9-14(12)16/h2-7,9,13,18H,8,10H2,1H3. The number of pyridine rings is 1. The van der Waals surface area contributed by atoms with Gasteiger partial charge in [-0.25, -0.2) is 0 Å². The minimum atomic E-state index is -0.412. The van der Waals surface area contributed by atoms with Gasteiger partial charge in [0.2, 0.25) is 0 Å². The van der Waals surface area contributed by atoms with E-state index in [4.69, 9.17) is 11.6 Å². The largest absolute Gasteiger partial charge is 0.392 e. The summed E-state index contributed by atoms with van der Waals surface area (Å²) in [4.78, 5) is 5.15. The molecule has 1 N–H and O–H groups in total. The molecule has 1 unspecified atom stereocenters. The van der Waals surface area contributed by atoms with E-state index in [1.54, 1.807) is 24.2 Å². The molecule has 1 aromatic carbocycles. The first-order valence-electron chi connectivity index (χ1n) is 6.11. The molecule has 0 fully saturated rings. The highest BCUT2D eigenvalue weighted by atomic mass is 35.5. The highest BCUT2D eigenvalue weighted by molar-refractivity contribution is 7.99. The van der Waals surface area contributed by atoms with E-state index < -0.39 is 6.10 Å². The summed E-state index contributed by atoms with van der Waals surface area (Å²) >= 11 is 7.70. The Bertz CT molecular complexity index is 547. The van der Waals surface area contributed by atoms with Crippen LogP contribution in [0.2, 0.25) is 5.02 Å². The second-order valence-corrected chi connectivity index (χ2v) is 5.87. The summed E-state index contributed by atoms with van der Waals surface area (Å²) in [5, 5.41) is 10.7. The zero-order chi connectivity index (χ0) is 13.7. The number of aromatic nitrogens is 1. The summed E-state index contributed by atoms with van der Waals surface area (Å²) in [5.41, 5.74) is 2.18. The quantitative estimate of drug-likeness (QED) is 0.853. The monoisotopic (exact) mass is 293 g/mol. The number of thioether (sulfide) groups is 1. The van der Waals surface area contributed by atoms with Gasteiger partial charge in [-0.2, -0.15) is 0 Å². The molecule has 4 heteroatoms. The molecule has 1 aromatic heterocycles. The molecular weight excluding hydrogens is 278 g/mol. The molecule has 0 spiro atoms. The van der Waals surface area contributed by atoms with Crippen molar-refractivity contribution in [1.29, 1.82) is 0 Å². The molecular formula is C15H16ClNOS. The Morgan fingerprint density at radius 3 is 2.84 bits per heavy atom. The lowest BCUT2D eigenvalue weighted by molar-refractivity contribution is 0.200. The average Bonchev–Trinajstić information content (AvgIpc) is 2.40. The highest BCUT2D eigenvalue weighted by Gasteiger charge is 2.09. The van der Waals surface area contributed by atoms with Crippen LogP contribution in [0.25, 0.3) is 0 Å². The van der Waals surface area contributed by atoms with Crippen LogP contribution in [0.4, 0.5) is 0 Å². The van der Waals surface area contributed by atoms with Gasteiger partial charge in [0, 0.05) is 29.5 Å². The van der Waals surface area contributed by atoms with Crippen molar-refractivity contribution in [3.63, 3.8) is 0 Å². The van der Waals surface area contributed by atoms with Gasteiger partial charge in [-0.1, -0.05) is 29.8 Å². The van der Waals surface area contributed by atoms with E-state index in [0.29, 0.717) is 17.2 Å². The predicted octanol–water partition coefficient (Wildman–Crippen LogP) is 3.74. The number of halogens is 1. The van der Waals surface area contributed by atoms with E-state index in [2.05, 4.69) is 24.0 Å². The van der Waals surface area contributed by atoms with E-state index in [9.17, 15) is 5.11 Å². The zero-order valence-corrected chi connectivity index (χ0v) is 12.3. The number of benzene rings is 1. The van der Waals surface area contributed by atoms with Crippen LogP contribution in [-0.4, -0.2) is 21.9 Å². The summed E-state index contributed by atoms with van der Waals surface area (Å²) in [6.45, 7) is 2.08. The lowest BCUT2D eigenvalue weighted by Crippen LogP contribution is -2.14. The van der Waals surface area contributed by atoms with Gasteiger partial charge < -0.3 is 5.11 Å². The molecule has 0 radical (unpaired) electrons. The molecule has 0 saturated carbocycles. The van der Waals surface area contributed by atoms with Crippen molar-refractivity contribution in [1.82, 2.24) is 4.98 Å². The lowest BCUT2D eigenvalue weighted by atomic mass is 10.1. The van der Waals surface area contributed by atoms with E-state index in [1.165, 1.54) is 10.5 Å². The summed E-state index contributed by atoms with van der Waals surface area (Å²) in [7, 11) is 0. The molecule has 2 aromatic rings. The summed E-state index contributed by atoms with van der Waals surface area (Å²) < 4.78 is 0. The van der Waals surface area contributed by atoms with Crippen LogP contribution >= 0.6 is 23.4 Å². The van der Waals surface area contributed by atoms with Gasteiger partial charge in [0.05, 0.1) is 11.1 Å². The van der Waals surface area contributed by atoms with Crippen LogP contribution in [0.15, 0.2) is 47.6 Å². The van der Waals surface area contributed by atoms with E-state index in [1.807, 2.05) is 18.2 Å². The molecule has 2 rings (SSSR count). The van der Waals surface area contributed by atoms with Gasteiger partial charge in [-0.15, -0.1) is 11.8 Å². The number of aryl methyl sites for hydroxylation is 1. The average molecular weight is 294 g/mol. The molecule has 19 heavy (non-hydrogen) atoms. The normalized spacial score (nSPS) is 12.4. The topological polar surface area (TPSA) is 33.1 Å². The third-order valence-electron chi connectivity index (χ3n) is 2.84. The lowest BCUT2D eigenvalue weighted by Gasteiger charge is -2.12. The van der Waals surface area contributed by atoms with Gasteiger partial charge in [-0.05, 0) is 30.2 Å². The van der Waals surface area contributed by atoms with Crippen LogP contribution in [0.5, 0.6) is 0 Å². The highest BCUT2D eigenvalue weighted by Crippen LogP contribution is 2.24. The third kappa shape index (κ3) is 4.23.